The van der Waals surface area contributed by atoms with Crippen molar-refractivity contribution in [2.45, 2.75) is 49.0 Å². The Morgan fingerprint density at radius 3 is 2.73 bits per heavy atom. The fourth-order valence-electron chi connectivity index (χ4n) is 5.49. The molecule has 2 aliphatic heterocycles. The molecular weight excluding hydrogens is 460 g/mol. The van der Waals surface area contributed by atoms with Gasteiger partial charge in [-0.1, -0.05) is 17.7 Å². The van der Waals surface area contributed by atoms with E-state index in [0.717, 1.165) is 68.0 Å². The number of nitrogens with one attached hydrogen (secondary N) is 1. The Hall–Kier alpha value is -2.10. The number of aliphatic hydroxyl groups excluding tert-OH is 1. The summed E-state index contributed by atoms with van der Waals surface area (Å²) in [7, 11) is -1.10. The fourth-order valence-corrected chi connectivity index (χ4v) is 6.92. The third-order valence-corrected chi connectivity index (χ3v) is 9.21. The van der Waals surface area contributed by atoms with Crippen LogP contribution < -0.4 is 10.2 Å². The molecule has 2 aromatic heterocycles. The van der Waals surface area contributed by atoms with E-state index in [0.29, 0.717) is 34.4 Å². The van der Waals surface area contributed by atoms with Crippen molar-refractivity contribution in [3.63, 3.8) is 0 Å². The number of hydrogen-bond acceptors (Lipinski definition) is 8. The Kier molecular flexibility index (Phi) is 5.38. The molecule has 0 bridgehead atoms. The van der Waals surface area contributed by atoms with Gasteiger partial charge in [-0.3, -0.25) is 4.21 Å². The summed E-state index contributed by atoms with van der Waals surface area (Å²) in [5.74, 6) is 3.64. The van der Waals surface area contributed by atoms with Crippen molar-refractivity contribution < 1.29 is 9.32 Å². The molecule has 0 amide bonds. The third-order valence-electron chi connectivity index (χ3n) is 7.47. The number of allylic oxidation sites excluding steroid dienone is 1. The molecule has 1 saturated carbocycles. The Morgan fingerprint density at radius 2 is 2.03 bits per heavy atom. The first kappa shape index (κ1) is 21.4. The van der Waals surface area contributed by atoms with Gasteiger partial charge in [0.25, 0.3) is 0 Å². The van der Waals surface area contributed by atoms with E-state index in [9.17, 15) is 9.32 Å². The van der Waals surface area contributed by atoms with E-state index in [4.69, 9.17) is 21.6 Å². The Bertz CT molecular complexity index is 1130. The van der Waals surface area contributed by atoms with Gasteiger partial charge in [-0.2, -0.15) is 4.98 Å². The van der Waals surface area contributed by atoms with Gasteiger partial charge >= 0.3 is 0 Å². The molecule has 6 rings (SSSR count). The van der Waals surface area contributed by atoms with Crippen molar-refractivity contribution in [1.29, 1.82) is 0 Å². The van der Waals surface area contributed by atoms with Gasteiger partial charge in [0.15, 0.2) is 5.82 Å². The summed E-state index contributed by atoms with van der Waals surface area (Å²) in [6.07, 6.45) is 11.1. The van der Waals surface area contributed by atoms with Crippen LogP contribution in [0.2, 0.25) is 5.02 Å². The summed E-state index contributed by atoms with van der Waals surface area (Å²) in [5, 5.41) is 14.0. The second-order valence-electron chi connectivity index (χ2n) is 9.67. The van der Waals surface area contributed by atoms with Gasteiger partial charge in [0.05, 0.1) is 33.7 Å². The molecule has 4 aliphatic rings. The molecule has 0 aromatic carbocycles. The minimum atomic E-state index is -1.10. The third kappa shape index (κ3) is 3.84. The van der Waals surface area contributed by atoms with Crippen LogP contribution in [0.25, 0.3) is 5.57 Å². The summed E-state index contributed by atoms with van der Waals surface area (Å²) >= 11 is 5.93. The van der Waals surface area contributed by atoms with E-state index in [-0.39, 0.29) is 12.1 Å². The summed E-state index contributed by atoms with van der Waals surface area (Å²) in [5.41, 5.74) is 1.72. The molecule has 1 saturated heterocycles. The summed E-state index contributed by atoms with van der Waals surface area (Å²) in [6.45, 7) is 1.76. The zero-order valence-electron chi connectivity index (χ0n) is 18.3. The molecular formula is C23H27ClN6O2S. The molecule has 2 fully saturated rings. The number of aliphatic hydroxyl groups is 1. The van der Waals surface area contributed by atoms with Crippen LogP contribution in [0.5, 0.6) is 0 Å². The van der Waals surface area contributed by atoms with Crippen LogP contribution in [0.3, 0.4) is 0 Å². The number of halogens is 1. The molecule has 2 aromatic rings. The molecule has 2 aliphatic carbocycles. The van der Waals surface area contributed by atoms with Gasteiger partial charge in [0, 0.05) is 31.2 Å². The van der Waals surface area contributed by atoms with E-state index in [2.05, 4.69) is 26.3 Å². The van der Waals surface area contributed by atoms with E-state index in [1.807, 2.05) is 0 Å². The predicted octanol–water partition coefficient (Wildman–Crippen LogP) is 2.84. The maximum Gasteiger partial charge on any atom is 0.227 e. The van der Waals surface area contributed by atoms with Crippen LogP contribution >= 0.6 is 11.6 Å². The lowest BCUT2D eigenvalue weighted by Gasteiger charge is -2.42. The van der Waals surface area contributed by atoms with E-state index >= 15 is 0 Å². The van der Waals surface area contributed by atoms with Gasteiger partial charge in [0.2, 0.25) is 5.95 Å². The molecule has 10 heteroatoms. The second-order valence-corrected chi connectivity index (χ2v) is 11.6. The van der Waals surface area contributed by atoms with Crippen LogP contribution in [0.1, 0.15) is 43.6 Å². The van der Waals surface area contributed by atoms with Crippen LogP contribution in [0.15, 0.2) is 23.4 Å². The van der Waals surface area contributed by atoms with Crippen molar-refractivity contribution in [2.24, 2.45) is 11.8 Å². The van der Waals surface area contributed by atoms with Crippen molar-refractivity contribution in [3.05, 3.63) is 35.0 Å². The quantitative estimate of drug-likeness (QED) is 0.664. The predicted molar refractivity (Wildman–Crippen MR) is 128 cm³/mol. The largest absolute Gasteiger partial charge is 0.394 e. The number of rotatable bonds is 5. The van der Waals surface area contributed by atoms with Crippen molar-refractivity contribution >= 4 is 39.7 Å². The minimum absolute atomic E-state index is 0.0575. The number of fused-ring (bicyclic) bond motifs is 2. The molecule has 8 nitrogen and oxygen atoms in total. The highest BCUT2D eigenvalue weighted by Crippen LogP contribution is 2.42. The zero-order valence-corrected chi connectivity index (χ0v) is 19.9. The normalized spacial score (nSPS) is 27.5. The Morgan fingerprint density at radius 1 is 1.21 bits per heavy atom. The first-order valence-corrected chi connectivity index (χ1v) is 13.4. The van der Waals surface area contributed by atoms with Crippen LogP contribution in [-0.4, -0.2) is 60.2 Å². The summed E-state index contributed by atoms with van der Waals surface area (Å²) in [6, 6.07) is 0. The smallest absolute Gasteiger partial charge is 0.227 e. The van der Waals surface area contributed by atoms with Crippen molar-refractivity contribution in [1.82, 2.24) is 19.9 Å². The SMILES string of the molecule is O=[S@@]1CCCc2nc(N3C[C@@H]4CC(c5ncc(Cl)cn5)=C[C@@H]4C3)nc(NC3(CO)CCC3)c21. The lowest BCUT2D eigenvalue weighted by Crippen LogP contribution is -2.49. The lowest BCUT2D eigenvalue weighted by atomic mass is 9.77. The number of anilines is 2. The Labute approximate surface area is 200 Å². The molecule has 33 heavy (non-hydrogen) atoms. The van der Waals surface area contributed by atoms with Crippen LogP contribution in [0, 0.1) is 11.8 Å². The Balaban J connectivity index is 1.27. The van der Waals surface area contributed by atoms with Gasteiger partial charge in [-0.15, -0.1) is 0 Å². The van der Waals surface area contributed by atoms with Gasteiger partial charge in [0.1, 0.15) is 10.7 Å². The molecule has 2 N–H and O–H groups in total. The standard InChI is InChI=1S/C23H27ClN6O2S/c24-17-9-25-20(26-10-17)14-7-15-11-30(12-16(15)8-14)22-27-18-3-1-6-33(32)19(18)21(28-22)29-23(13-31)4-2-5-23/h7,9-10,15-16,31H,1-6,8,11-13H2,(H,27,28,29)/t15-,16+,33-/m1/s1. The van der Waals surface area contributed by atoms with Crippen LogP contribution in [0.4, 0.5) is 11.8 Å². The second kappa shape index (κ2) is 8.29. The highest BCUT2D eigenvalue weighted by atomic mass is 35.5. The fraction of sp³-hybridized carbons (Fsp3) is 0.565. The highest BCUT2D eigenvalue weighted by Gasteiger charge is 2.41. The number of aromatic nitrogens is 4. The molecule has 0 unspecified atom stereocenters. The van der Waals surface area contributed by atoms with Gasteiger partial charge < -0.3 is 15.3 Å². The average Bonchev–Trinajstić information content (AvgIpc) is 3.36. The van der Waals surface area contributed by atoms with E-state index < -0.39 is 10.8 Å². The van der Waals surface area contributed by atoms with Gasteiger partial charge in [-0.05, 0) is 55.9 Å². The minimum Gasteiger partial charge on any atom is -0.394 e. The van der Waals surface area contributed by atoms with Crippen LogP contribution in [-0.2, 0) is 17.2 Å². The molecule has 4 heterocycles. The van der Waals surface area contributed by atoms with Crippen molar-refractivity contribution in [3.8, 4) is 0 Å². The first-order valence-electron chi connectivity index (χ1n) is 11.7. The molecule has 3 atom stereocenters. The van der Waals surface area contributed by atoms with E-state index in [1.165, 1.54) is 5.57 Å². The first-order chi connectivity index (χ1) is 16.0. The van der Waals surface area contributed by atoms with Gasteiger partial charge in [-0.25, -0.2) is 15.0 Å². The zero-order chi connectivity index (χ0) is 22.6. The monoisotopic (exact) mass is 486 g/mol. The topological polar surface area (TPSA) is 104 Å². The molecule has 174 valence electrons. The maximum atomic E-state index is 12.9. The number of hydrogen-bond donors (Lipinski definition) is 2. The number of nitrogens with zero attached hydrogens (tertiary/aromatic N) is 5. The average molecular weight is 487 g/mol. The summed E-state index contributed by atoms with van der Waals surface area (Å²) in [4.78, 5) is 21.5. The summed E-state index contributed by atoms with van der Waals surface area (Å²) < 4.78 is 12.9. The van der Waals surface area contributed by atoms with Crippen molar-refractivity contribution in [2.75, 3.05) is 35.7 Å². The number of aryl methyl sites for hydroxylation is 1. The highest BCUT2D eigenvalue weighted by molar-refractivity contribution is 7.85. The molecule has 0 radical (unpaired) electrons. The lowest BCUT2D eigenvalue weighted by molar-refractivity contribution is 0.143. The van der Waals surface area contributed by atoms with E-state index in [1.54, 1.807) is 12.4 Å². The maximum absolute atomic E-state index is 12.9. The molecule has 0 spiro atoms.